The molecule has 3 nitrogen and oxygen atoms in total. The molecule has 11 heteroatoms. The smallest absolute Gasteiger partial charge is 0.254 e. The monoisotopic (exact) mass is 402 g/mol. The van der Waals surface area contributed by atoms with E-state index in [4.69, 9.17) is 0 Å². The maximum Gasteiger partial charge on any atom is 0.523 e. The largest absolute Gasteiger partial charge is 0.523 e. The van der Waals surface area contributed by atoms with Crippen molar-refractivity contribution in [3.05, 3.63) is 0 Å². The van der Waals surface area contributed by atoms with Gasteiger partial charge in [-0.25, -0.2) is 0 Å². The van der Waals surface area contributed by atoms with E-state index in [1.54, 1.807) is 0 Å². The van der Waals surface area contributed by atoms with Crippen LogP contribution in [0.4, 0.5) is 26.3 Å². The number of alkyl halides is 7. The van der Waals surface area contributed by atoms with Gasteiger partial charge in [0.05, 0.1) is 0 Å². The first-order valence-corrected chi connectivity index (χ1v) is 6.51. The van der Waals surface area contributed by atoms with Crippen LogP contribution in [-0.2, 0) is 14.3 Å². The van der Waals surface area contributed by atoms with Crippen LogP contribution in [0.5, 0.6) is 0 Å². The Morgan fingerprint density at radius 1 is 1.12 bits per heavy atom. The van der Waals surface area contributed by atoms with E-state index in [-0.39, 0.29) is 0 Å². The number of hydrogen-bond donors (Lipinski definition) is 0. The summed E-state index contributed by atoms with van der Waals surface area (Å²) in [4.78, 5) is 0. The van der Waals surface area contributed by atoms with Crippen molar-refractivity contribution in [2.24, 2.45) is 0 Å². The van der Waals surface area contributed by atoms with E-state index in [0.717, 1.165) is 3.92 Å². The molecule has 0 N–H and O–H groups in total. The quantitative estimate of drug-likeness (QED) is 0.234. The first kappa shape index (κ1) is 19.6. The Hall–Kier alpha value is 0.220. The Kier molecular flexibility index (Phi) is 8.02. The molecule has 106 valence electrons. The first-order chi connectivity index (χ1) is 7.19. The van der Waals surface area contributed by atoms with E-state index in [2.05, 4.69) is 40.6 Å². The minimum atomic E-state index is -6.15. The van der Waals surface area contributed by atoms with Gasteiger partial charge in [0.15, 0.2) is 6.61 Å². The third-order valence-electron chi connectivity index (χ3n) is 0.661. The average Bonchev–Trinajstić information content (AvgIpc) is 1.96. The van der Waals surface area contributed by atoms with Crippen LogP contribution in [0.1, 0.15) is 13.8 Å². The summed E-state index contributed by atoms with van der Waals surface area (Å²) < 4.78 is 90.8. The Bertz CT molecular complexity index is 304. The average molecular weight is 402 g/mol. The normalized spacial score (nSPS) is 13.3. The summed E-state index contributed by atoms with van der Waals surface area (Å²) in [6, 6.07) is 0. The van der Waals surface area contributed by atoms with Crippen LogP contribution in [0.25, 0.3) is 0 Å². The fourth-order valence-corrected chi connectivity index (χ4v) is 0.634. The van der Waals surface area contributed by atoms with Gasteiger partial charge in [-0.3, -0.25) is 4.18 Å². The molecule has 0 spiro atoms. The van der Waals surface area contributed by atoms with E-state index in [1.807, 2.05) is 0 Å². The Balaban J connectivity index is 0. The van der Waals surface area contributed by atoms with E-state index >= 15 is 0 Å². The van der Waals surface area contributed by atoms with Gasteiger partial charge in [-0.15, -0.1) is 0 Å². The van der Waals surface area contributed by atoms with Crippen molar-refractivity contribution in [2.45, 2.75) is 29.5 Å². The molecule has 0 saturated carbocycles. The maximum absolute atomic E-state index is 11.3. The summed E-state index contributed by atoms with van der Waals surface area (Å²) in [5, 5.41) is 0. The summed E-state index contributed by atoms with van der Waals surface area (Å²) in [5.41, 5.74) is -5.84. The van der Waals surface area contributed by atoms with E-state index in [0.29, 0.717) is 0 Å². The highest BCUT2D eigenvalue weighted by Crippen LogP contribution is 2.26. The van der Waals surface area contributed by atoms with Gasteiger partial charge in [0, 0.05) is 3.92 Å². The van der Waals surface area contributed by atoms with Crippen LogP contribution in [0.3, 0.4) is 0 Å². The highest BCUT2D eigenvalue weighted by Gasteiger charge is 2.49. The van der Waals surface area contributed by atoms with Gasteiger partial charge in [-0.05, 0) is 0 Å². The molecular weight excluding hydrogens is 393 g/mol. The third-order valence-corrected chi connectivity index (χ3v) is 1.66. The van der Waals surface area contributed by atoms with Crippen LogP contribution < -0.4 is 0 Å². The van der Waals surface area contributed by atoms with Crippen LogP contribution in [-0.4, -0.2) is 30.6 Å². The van der Waals surface area contributed by atoms with Crippen molar-refractivity contribution in [3.8, 4) is 0 Å². The molecular formula is C6H9F6IO3S. The summed E-state index contributed by atoms with van der Waals surface area (Å²) in [5.74, 6) is 0. The number of halogens is 7. The molecule has 0 radical (unpaired) electrons. The number of rotatable bonds is 2. The van der Waals surface area contributed by atoms with Crippen LogP contribution >= 0.6 is 22.6 Å². The molecule has 0 heterocycles. The molecule has 0 rings (SSSR count). The van der Waals surface area contributed by atoms with Crippen molar-refractivity contribution in [1.82, 2.24) is 0 Å². The van der Waals surface area contributed by atoms with Crippen LogP contribution in [0.15, 0.2) is 0 Å². The van der Waals surface area contributed by atoms with Gasteiger partial charge >= 0.3 is 21.8 Å². The second kappa shape index (κ2) is 6.97. The molecule has 0 amide bonds. The summed E-state index contributed by atoms with van der Waals surface area (Å²) in [7, 11) is -6.15. The Morgan fingerprint density at radius 3 is 1.59 bits per heavy atom. The van der Waals surface area contributed by atoms with E-state index in [1.165, 1.54) is 0 Å². The van der Waals surface area contributed by atoms with Gasteiger partial charge in [-0.1, -0.05) is 36.4 Å². The summed E-state index contributed by atoms with van der Waals surface area (Å²) in [6.07, 6.45) is -5.13. The summed E-state index contributed by atoms with van der Waals surface area (Å²) in [6.45, 7) is 1.82. The Morgan fingerprint density at radius 2 is 1.41 bits per heavy atom. The highest BCUT2D eigenvalue weighted by molar-refractivity contribution is 14.1. The molecule has 0 aromatic heterocycles. The van der Waals surface area contributed by atoms with Crippen molar-refractivity contribution >= 4 is 32.7 Å². The maximum atomic E-state index is 11.3. The SMILES string of the molecule is CC(C)I.O=S(=O)(OCC(F)(F)F)C(F)(F)F. The molecule has 0 atom stereocenters. The Labute approximate surface area is 108 Å². The lowest BCUT2D eigenvalue weighted by molar-refractivity contribution is -0.156. The molecule has 17 heavy (non-hydrogen) atoms. The molecule has 0 saturated heterocycles. The molecule has 0 fully saturated rings. The van der Waals surface area contributed by atoms with Gasteiger partial charge < -0.3 is 0 Å². The zero-order chi connectivity index (χ0) is 14.5. The van der Waals surface area contributed by atoms with Gasteiger partial charge in [0.1, 0.15) is 0 Å². The van der Waals surface area contributed by atoms with Gasteiger partial charge in [0.2, 0.25) is 0 Å². The van der Waals surface area contributed by atoms with Crippen molar-refractivity contribution in [2.75, 3.05) is 6.61 Å². The highest BCUT2D eigenvalue weighted by atomic mass is 127. The lowest BCUT2D eigenvalue weighted by Gasteiger charge is -2.09. The lowest BCUT2D eigenvalue weighted by Crippen LogP contribution is -2.29. The molecule has 0 aliphatic carbocycles. The zero-order valence-electron chi connectivity index (χ0n) is 8.56. The topological polar surface area (TPSA) is 43.4 Å². The fourth-order valence-electron chi connectivity index (χ4n) is 0.211. The molecule has 0 aromatic rings. The van der Waals surface area contributed by atoms with Crippen molar-refractivity contribution in [1.29, 1.82) is 0 Å². The first-order valence-electron chi connectivity index (χ1n) is 3.85. The second-order valence-electron chi connectivity index (χ2n) is 2.79. The van der Waals surface area contributed by atoms with E-state index < -0.39 is 28.4 Å². The molecule has 0 bridgehead atoms. The lowest BCUT2D eigenvalue weighted by atomic mass is 10.6. The van der Waals surface area contributed by atoms with Gasteiger partial charge in [0.25, 0.3) is 0 Å². The minimum Gasteiger partial charge on any atom is -0.254 e. The van der Waals surface area contributed by atoms with Crippen LogP contribution in [0.2, 0.25) is 0 Å². The zero-order valence-corrected chi connectivity index (χ0v) is 11.5. The third kappa shape index (κ3) is 12.5. The van der Waals surface area contributed by atoms with Gasteiger partial charge in [-0.2, -0.15) is 34.8 Å². The standard InChI is InChI=1S/C3H2F6O3S.C3H7I/c4-2(5,6)1-12-13(10,11)3(7,8)9;1-3(2)4/h1H2;3H,1-2H3. The summed E-state index contributed by atoms with van der Waals surface area (Å²) >= 11 is 2.34. The van der Waals surface area contributed by atoms with Crippen molar-refractivity contribution in [3.63, 3.8) is 0 Å². The van der Waals surface area contributed by atoms with Crippen LogP contribution in [0, 0.1) is 0 Å². The fraction of sp³-hybridized carbons (Fsp3) is 1.00. The molecule has 0 aliphatic heterocycles. The van der Waals surface area contributed by atoms with Crippen molar-refractivity contribution < 1.29 is 38.9 Å². The second-order valence-corrected chi connectivity index (χ2v) is 6.89. The molecule has 0 aliphatic rings. The predicted molar refractivity (Wildman–Crippen MR) is 56.1 cm³/mol. The number of hydrogen-bond acceptors (Lipinski definition) is 3. The predicted octanol–water partition coefficient (Wildman–Crippen LogP) is 3.24. The molecule has 0 unspecified atom stereocenters. The minimum absolute atomic E-state index is 0.803. The van der Waals surface area contributed by atoms with E-state index in [9.17, 15) is 34.8 Å². The molecule has 0 aromatic carbocycles.